The maximum atomic E-state index is 6.17. The summed E-state index contributed by atoms with van der Waals surface area (Å²) in [5.74, 6) is 2.25. The third-order valence-corrected chi connectivity index (χ3v) is 4.17. The van der Waals surface area contributed by atoms with Crippen LogP contribution in [0, 0.1) is 0 Å². The SMILES string of the molecule is COc1cc(Nc2cc(Nc3ccccc3Cl)ncn2)c(OC)cc1Cl. The van der Waals surface area contributed by atoms with Gasteiger partial charge in [0.2, 0.25) is 0 Å². The van der Waals surface area contributed by atoms with E-state index in [1.807, 2.05) is 18.2 Å². The van der Waals surface area contributed by atoms with E-state index in [4.69, 9.17) is 32.7 Å². The van der Waals surface area contributed by atoms with Gasteiger partial charge in [-0.1, -0.05) is 35.3 Å². The summed E-state index contributed by atoms with van der Waals surface area (Å²) < 4.78 is 10.6. The number of hydrogen-bond donors (Lipinski definition) is 2. The highest BCUT2D eigenvalue weighted by molar-refractivity contribution is 6.33. The summed E-state index contributed by atoms with van der Waals surface area (Å²) in [6, 6.07) is 12.6. The van der Waals surface area contributed by atoms with Crippen molar-refractivity contribution >= 4 is 46.2 Å². The number of methoxy groups -OCH3 is 2. The summed E-state index contributed by atoms with van der Waals surface area (Å²) in [7, 11) is 3.11. The Hall–Kier alpha value is -2.70. The van der Waals surface area contributed by atoms with Gasteiger partial charge in [-0.2, -0.15) is 0 Å². The number of ether oxygens (including phenoxy) is 2. The molecule has 0 aliphatic carbocycles. The maximum absolute atomic E-state index is 6.17. The van der Waals surface area contributed by atoms with Crippen molar-refractivity contribution in [3.8, 4) is 11.5 Å². The van der Waals surface area contributed by atoms with Crippen LogP contribution in [0.5, 0.6) is 11.5 Å². The molecule has 0 saturated heterocycles. The molecule has 1 heterocycles. The van der Waals surface area contributed by atoms with Gasteiger partial charge in [0.15, 0.2) is 0 Å². The molecule has 6 nitrogen and oxygen atoms in total. The predicted molar refractivity (Wildman–Crippen MR) is 105 cm³/mol. The van der Waals surface area contributed by atoms with E-state index in [0.717, 1.165) is 5.69 Å². The molecule has 0 radical (unpaired) electrons. The third kappa shape index (κ3) is 4.09. The topological polar surface area (TPSA) is 68.3 Å². The normalized spacial score (nSPS) is 10.3. The van der Waals surface area contributed by atoms with Crippen LogP contribution in [0.3, 0.4) is 0 Å². The zero-order valence-corrected chi connectivity index (χ0v) is 15.6. The largest absolute Gasteiger partial charge is 0.495 e. The number of nitrogens with one attached hydrogen (secondary N) is 2. The Bertz CT molecular complexity index is 921. The minimum absolute atomic E-state index is 0.457. The molecule has 0 aliphatic heterocycles. The third-order valence-electron chi connectivity index (χ3n) is 3.54. The number of hydrogen-bond acceptors (Lipinski definition) is 6. The quantitative estimate of drug-likeness (QED) is 0.595. The van der Waals surface area contributed by atoms with Crippen LogP contribution < -0.4 is 20.1 Å². The summed E-state index contributed by atoms with van der Waals surface area (Å²) in [5.41, 5.74) is 1.42. The first-order valence-corrected chi connectivity index (χ1v) is 8.38. The van der Waals surface area contributed by atoms with Gasteiger partial charge >= 0.3 is 0 Å². The van der Waals surface area contributed by atoms with Gasteiger partial charge in [0.25, 0.3) is 0 Å². The summed E-state index contributed by atoms with van der Waals surface area (Å²) in [4.78, 5) is 8.44. The van der Waals surface area contributed by atoms with Crippen molar-refractivity contribution < 1.29 is 9.47 Å². The van der Waals surface area contributed by atoms with Gasteiger partial charge in [-0.25, -0.2) is 9.97 Å². The van der Waals surface area contributed by atoms with Crippen LogP contribution >= 0.6 is 23.2 Å². The van der Waals surface area contributed by atoms with Gasteiger partial charge in [0.05, 0.1) is 35.6 Å². The molecule has 0 aliphatic rings. The van der Waals surface area contributed by atoms with Crippen molar-refractivity contribution in [2.24, 2.45) is 0 Å². The molecule has 26 heavy (non-hydrogen) atoms. The molecule has 3 aromatic rings. The highest BCUT2D eigenvalue weighted by Crippen LogP contribution is 2.37. The van der Waals surface area contributed by atoms with Gasteiger partial charge in [-0.3, -0.25) is 0 Å². The summed E-state index contributed by atoms with van der Waals surface area (Å²) in [6.07, 6.45) is 1.45. The number of nitrogens with zero attached hydrogens (tertiary/aromatic N) is 2. The number of benzene rings is 2. The van der Waals surface area contributed by atoms with E-state index < -0.39 is 0 Å². The van der Waals surface area contributed by atoms with Gasteiger partial charge in [0.1, 0.15) is 29.5 Å². The van der Waals surface area contributed by atoms with E-state index in [2.05, 4.69) is 20.6 Å². The number of halogens is 2. The van der Waals surface area contributed by atoms with E-state index in [-0.39, 0.29) is 0 Å². The van der Waals surface area contributed by atoms with Crippen LogP contribution in [0.2, 0.25) is 10.0 Å². The van der Waals surface area contributed by atoms with E-state index in [1.54, 1.807) is 38.5 Å². The van der Waals surface area contributed by atoms with Gasteiger partial charge < -0.3 is 20.1 Å². The Morgan fingerprint density at radius 3 is 2.08 bits per heavy atom. The van der Waals surface area contributed by atoms with Gasteiger partial charge in [-0.15, -0.1) is 0 Å². The van der Waals surface area contributed by atoms with Gasteiger partial charge in [0, 0.05) is 18.2 Å². The van der Waals surface area contributed by atoms with Crippen LogP contribution in [-0.4, -0.2) is 24.2 Å². The first-order valence-electron chi connectivity index (χ1n) is 7.63. The van der Waals surface area contributed by atoms with Crippen molar-refractivity contribution in [2.75, 3.05) is 24.9 Å². The second kappa shape index (κ2) is 8.12. The molecule has 1 aromatic heterocycles. The lowest BCUT2D eigenvalue weighted by molar-refractivity contribution is 0.405. The molecule has 0 fully saturated rings. The summed E-state index contributed by atoms with van der Waals surface area (Å²) in [6.45, 7) is 0. The number of rotatable bonds is 6. The number of aromatic nitrogens is 2. The van der Waals surface area contributed by atoms with Crippen LogP contribution in [0.1, 0.15) is 0 Å². The monoisotopic (exact) mass is 390 g/mol. The Morgan fingerprint density at radius 1 is 0.769 bits per heavy atom. The Kier molecular flexibility index (Phi) is 5.65. The fourth-order valence-electron chi connectivity index (χ4n) is 2.29. The maximum Gasteiger partial charge on any atom is 0.144 e. The molecular formula is C18H16Cl2N4O2. The molecule has 8 heteroatoms. The molecule has 2 aromatic carbocycles. The Balaban J connectivity index is 1.86. The lowest BCUT2D eigenvalue weighted by Crippen LogP contribution is -2.00. The fraction of sp³-hybridized carbons (Fsp3) is 0.111. The van der Waals surface area contributed by atoms with E-state index in [1.165, 1.54) is 6.33 Å². The van der Waals surface area contributed by atoms with E-state index in [0.29, 0.717) is 38.9 Å². The smallest absolute Gasteiger partial charge is 0.144 e. The molecular weight excluding hydrogens is 375 g/mol. The molecule has 0 amide bonds. The van der Waals surface area contributed by atoms with Crippen LogP contribution in [0.4, 0.5) is 23.0 Å². The lowest BCUT2D eigenvalue weighted by atomic mass is 10.2. The van der Waals surface area contributed by atoms with Crippen molar-refractivity contribution in [1.29, 1.82) is 0 Å². The molecule has 134 valence electrons. The zero-order chi connectivity index (χ0) is 18.5. The zero-order valence-electron chi connectivity index (χ0n) is 14.1. The molecule has 2 N–H and O–H groups in total. The van der Waals surface area contributed by atoms with E-state index in [9.17, 15) is 0 Å². The first-order chi connectivity index (χ1) is 12.6. The van der Waals surface area contributed by atoms with Gasteiger partial charge in [-0.05, 0) is 12.1 Å². The molecule has 0 spiro atoms. The van der Waals surface area contributed by atoms with Crippen molar-refractivity contribution in [1.82, 2.24) is 9.97 Å². The van der Waals surface area contributed by atoms with Crippen LogP contribution in [-0.2, 0) is 0 Å². The molecule has 3 rings (SSSR count). The average molecular weight is 391 g/mol. The van der Waals surface area contributed by atoms with Crippen LogP contribution in [0.15, 0.2) is 48.8 Å². The first kappa shape index (κ1) is 18.1. The Labute approximate surface area is 161 Å². The van der Waals surface area contributed by atoms with Crippen molar-refractivity contribution in [2.45, 2.75) is 0 Å². The average Bonchev–Trinajstić information content (AvgIpc) is 2.65. The van der Waals surface area contributed by atoms with E-state index >= 15 is 0 Å². The molecule has 0 unspecified atom stereocenters. The highest BCUT2D eigenvalue weighted by Gasteiger charge is 2.11. The van der Waals surface area contributed by atoms with Crippen molar-refractivity contribution in [3.05, 3.63) is 58.8 Å². The minimum Gasteiger partial charge on any atom is -0.495 e. The summed E-state index contributed by atoms with van der Waals surface area (Å²) >= 11 is 12.3. The highest BCUT2D eigenvalue weighted by atomic mass is 35.5. The summed E-state index contributed by atoms with van der Waals surface area (Å²) in [5, 5.41) is 7.40. The number of para-hydroxylation sites is 1. The van der Waals surface area contributed by atoms with Crippen molar-refractivity contribution in [3.63, 3.8) is 0 Å². The lowest BCUT2D eigenvalue weighted by Gasteiger charge is -2.14. The predicted octanol–water partition coefficient (Wildman–Crippen LogP) is 5.29. The second-order valence-corrected chi connectivity index (χ2v) is 6.02. The molecule has 0 bridgehead atoms. The van der Waals surface area contributed by atoms with Crippen LogP contribution in [0.25, 0.3) is 0 Å². The molecule has 0 saturated carbocycles. The minimum atomic E-state index is 0.457. The fourth-order valence-corrected chi connectivity index (χ4v) is 2.70. The molecule has 0 atom stereocenters. The second-order valence-electron chi connectivity index (χ2n) is 5.21. The number of anilines is 4. The Morgan fingerprint density at radius 2 is 1.42 bits per heavy atom. The standard InChI is InChI=1S/C18H16Cl2N4O2/c1-25-15-8-14(16(26-2)7-12(15)20)24-18-9-17(21-10-22-18)23-13-6-4-3-5-11(13)19/h3-10H,1-2H3,(H2,21,22,23,24).